The molecule has 1 aromatic carbocycles. The van der Waals surface area contributed by atoms with Crippen LogP contribution in [-0.4, -0.2) is 47.5 Å². The molecule has 0 amide bonds. The molecule has 0 fully saturated rings. The second-order valence-corrected chi connectivity index (χ2v) is 7.01. The van der Waals surface area contributed by atoms with E-state index in [1.807, 2.05) is 6.07 Å². The van der Waals surface area contributed by atoms with Crippen LogP contribution in [0.5, 0.6) is 11.5 Å². The van der Waals surface area contributed by atoms with Crippen LogP contribution in [0.1, 0.15) is 36.5 Å². The van der Waals surface area contributed by atoms with Crippen molar-refractivity contribution in [2.24, 2.45) is 4.99 Å². The number of benzene rings is 1. The average Bonchev–Trinajstić information content (AvgIpc) is 3.10. The summed E-state index contributed by atoms with van der Waals surface area (Å²) >= 11 is 0. The molecule has 4 rings (SSSR count). The monoisotopic (exact) mass is 401 g/mol. The lowest BCUT2D eigenvalue weighted by atomic mass is 9.81. The highest BCUT2D eigenvalue weighted by molar-refractivity contribution is 6.29. The number of rotatable bonds is 3. The van der Waals surface area contributed by atoms with Gasteiger partial charge in [-0.05, 0) is 26.0 Å². The van der Waals surface area contributed by atoms with Gasteiger partial charge in [0.05, 0.1) is 19.8 Å². The maximum atomic E-state index is 12.7. The van der Waals surface area contributed by atoms with Gasteiger partial charge in [0.25, 0.3) is 0 Å². The molecule has 1 aliphatic heterocycles. The number of nitrogens with zero attached hydrogens (tertiary/aromatic N) is 2. The van der Waals surface area contributed by atoms with Gasteiger partial charge in [0.1, 0.15) is 34.3 Å². The van der Waals surface area contributed by atoms with E-state index in [0.717, 1.165) is 0 Å². The van der Waals surface area contributed by atoms with Crippen molar-refractivity contribution in [1.82, 2.24) is 9.97 Å². The predicted octanol–water partition coefficient (Wildman–Crippen LogP) is 3.29. The van der Waals surface area contributed by atoms with E-state index in [9.17, 15) is 9.59 Å². The Balaban J connectivity index is 0.00000225. The van der Waals surface area contributed by atoms with Crippen LogP contribution in [0.3, 0.4) is 0 Å². The van der Waals surface area contributed by atoms with E-state index in [0.29, 0.717) is 45.4 Å². The number of methoxy groups -OCH3 is 2. The van der Waals surface area contributed by atoms with Crippen LogP contribution in [0.25, 0.3) is 17.0 Å². The summed E-state index contributed by atoms with van der Waals surface area (Å²) in [7, 11) is 3.13. The summed E-state index contributed by atoms with van der Waals surface area (Å²) in [5.74, 6) is 1.42. The molecule has 1 aliphatic carbocycles. The van der Waals surface area contributed by atoms with Crippen molar-refractivity contribution in [3.8, 4) is 22.9 Å². The number of aromatic amines is 1. The zero-order chi connectivity index (χ0) is 19.3. The number of carbonyl (C=O) groups is 2. The average molecular weight is 402 g/mol. The van der Waals surface area contributed by atoms with Gasteiger partial charge in [0.15, 0.2) is 11.6 Å². The minimum atomic E-state index is -0.852. The Kier molecular flexibility index (Phi) is 4.89. The van der Waals surface area contributed by atoms with Gasteiger partial charge in [0.2, 0.25) is 0 Å². The fourth-order valence-corrected chi connectivity index (χ4v) is 3.37. The minimum Gasteiger partial charge on any atom is -0.497 e. The number of allylic oxidation sites excluding steroid dienone is 1. The van der Waals surface area contributed by atoms with E-state index in [-0.39, 0.29) is 30.4 Å². The molecule has 2 aromatic rings. The van der Waals surface area contributed by atoms with E-state index in [2.05, 4.69) is 15.0 Å². The first kappa shape index (κ1) is 19.8. The Hall–Kier alpha value is -2.93. The smallest absolute Gasteiger partial charge is 0.186 e. The molecule has 8 heteroatoms. The molecule has 0 spiro atoms. The van der Waals surface area contributed by atoms with Gasteiger partial charge >= 0.3 is 0 Å². The first-order chi connectivity index (χ1) is 12.9. The minimum absolute atomic E-state index is 0. The number of hydrogen-bond donors (Lipinski definition) is 1. The van der Waals surface area contributed by atoms with Crippen molar-refractivity contribution < 1.29 is 19.1 Å². The molecule has 0 bridgehead atoms. The maximum absolute atomic E-state index is 12.7. The molecule has 7 nitrogen and oxygen atoms in total. The largest absolute Gasteiger partial charge is 0.497 e. The Morgan fingerprint density at radius 3 is 2.57 bits per heavy atom. The van der Waals surface area contributed by atoms with Gasteiger partial charge in [-0.2, -0.15) is 0 Å². The second-order valence-electron chi connectivity index (χ2n) is 7.01. The van der Waals surface area contributed by atoms with E-state index in [1.54, 1.807) is 46.4 Å². The number of halogens is 1. The van der Waals surface area contributed by atoms with Gasteiger partial charge < -0.3 is 14.5 Å². The van der Waals surface area contributed by atoms with Crippen molar-refractivity contribution in [3.05, 3.63) is 35.2 Å². The lowest BCUT2D eigenvalue weighted by Gasteiger charge is -2.27. The predicted molar refractivity (Wildman–Crippen MR) is 108 cm³/mol. The number of ether oxygens (including phenoxy) is 2. The summed E-state index contributed by atoms with van der Waals surface area (Å²) < 4.78 is 10.7. The zero-order valence-electron chi connectivity index (χ0n) is 16.0. The van der Waals surface area contributed by atoms with Crippen molar-refractivity contribution >= 4 is 35.8 Å². The summed E-state index contributed by atoms with van der Waals surface area (Å²) in [6.45, 7) is 3.49. The van der Waals surface area contributed by atoms with Crippen LogP contribution in [0.2, 0.25) is 0 Å². The number of Topliss-reactive ketones (excluding diaryl/α,β-unsaturated/α-hetero) is 2. The van der Waals surface area contributed by atoms with E-state index < -0.39 is 5.54 Å². The molecule has 0 unspecified atom stereocenters. The first-order valence-corrected chi connectivity index (χ1v) is 8.55. The van der Waals surface area contributed by atoms with Gasteiger partial charge in [-0.3, -0.25) is 14.6 Å². The van der Waals surface area contributed by atoms with Crippen molar-refractivity contribution in [2.45, 2.75) is 25.8 Å². The molecule has 1 aromatic heterocycles. The van der Waals surface area contributed by atoms with Gasteiger partial charge in [-0.15, -0.1) is 12.4 Å². The summed E-state index contributed by atoms with van der Waals surface area (Å²) in [5, 5.41) is 0. The Morgan fingerprint density at radius 1 is 1.14 bits per heavy atom. The number of nitrogens with one attached hydrogen (secondary N) is 1. The molecule has 0 saturated heterocycles. The fourth-order valence-electron chi connectivity index (χ4n) is 3.37. The molecule has 1 N–H and O–H groups in total. The number of ketones is 2. The van der Waals surface area contributed by atoms with E-state index in [1.165, 1.54) is 0 Å². The lowest BCUT2D eigenvalue weighted by Crippen LogP contribution is -2.36. The number of fused-ring (bicyclic) bond motifs is 2. The quantitative estimate of drug-likeness (QED) is 0.851. The molecule has 0 atom stereocenters. The third-order valence-electron chi connectivity index (χ3n) is 4.91. The molecule has 28 heavy (non-hydrogen) atoms. The van der Waals surface area contributed by atoms with E-state index in [4.69, 9.17) is 9.47 Å². The number of aromatic nitrogens is 2. The second kappa shape index (κ2) is 6.91. The van der Waals surface area contributed by atoms with Crippen molar-refractivity contribution in [1.29, 1.82) is 0 Å². The normalized spacial score (nSPS) is 17.0. The maximum Gasteiger partial charge on any atom is 0.186 e. The van der Waals surface area contributed by atoms with Crippen LogP contribution in [0.4, 0.5) is 0 Å². The molecular formula is C20H20ClN3O4. The molecular weight excluding hydrogens is 382 g/mol. The van der Waals surface area contributed by atoms with Gasteiger partial charge in [-0.25, -0.2) is 4.98 Å². The number of aliphatic imine (C=N–C) groups is 1. The van der Waals surface area contributed by atoms with Crippen LogP contribution in [0, 0.1) is 0 Å². The van der Waals surface area contributed by atoms with Crippen LogP contribution >= 0.6 is 12.4 Å². The summed E-state index contributed by atoms with van der Waals surface area (Å²) in [6.07, 6.45) is 1.70. The summed E-state index contributed by atoms with van der Waals surface area (Å²) in [4.78, 5) is 37.4. The molecule has 146 valence electrons. The summed E-state index contributed by atoms with van der Waals surface area (Å²) in [5.41, 5.74) is 1.79. The van der Waals surface area contributed by atoms with E-state index >= 15 is 0 Å². The Morgan fingerprint density at radius 2 is 1.89 bits per heavy atom. The Labute approximate surface area is 168 Å². The van der Waals surface area contributed by atoms with Crippen molar-refractivity contribution in [2.75, 3.05) is 14.2 Å². The molecule has 2 aliphatic rings. The molecule has 2 heterocycles. The third-order valence-corrected chi connectivity index (χ3v) is 4.91. The van der Waals surface area contributed by atoms with Gasteiger partial charge in [-0.1, -0.05) is 0 Å². The number of hydrogen-bond acceptors (Lipinski definition) is 6. The standard InChI is InChI=1S/C20H19N3O4.ClH/c1-20(2)18(25)12-8-14(24)17-16(13(12)9-21-20)22-19(23-17)11-6-5-10(26-3)7-15(11)27-4;/h5-7,9H,8H2,1-4H3,(H,22,23);1H. The van der Waals surface area contributed by atoms with Crippen LogP contribution in [-0.2, 0) is 4.79 Å². The molecule has 0 radical (unpaired) electrons. The van der Waals surface area contributed by atoms with Gasteiger partial charge in [0, 0.05) is 29.8 Å². The van der Waals surface area contributed by atoms with Crippen LogP contribution < -0.4 is 9.47 Å². The number of imidazole rings is 1. The molecule has 0 saturated carbocycles. The van der Waals surface area contributed by atoms with Crippen LogP contribution in [0.15, 0.2) is 28.8 Å². The Bertz CT molecular complexity index is 1050. The number of carbonyl (C=O) groups excluding carboxylic acids is 2. The highest BCUT2D eigenvalue weighted by atomic mass is 35.5. The highest BCUT2D eigenvalue weighted by Gasteiger charge is 2.40. The third kappa shape index (κ3) is 2.92. The lowest BCUT2D eigenvalue weighted by molar-refractivity contribution is -0.119. The SMILES string of the molecule is COc1ccc(-c2nc3c([nH]2)C(=O)CC2=C3C=NC(C)(C)C2=O)c(OC)c1.Cl. The first-order valence-electron chi connectivity index (χ1n) is 8.55. The topological polar surface area (TPSA) is 93.6 Å². The highest BCUT2D eigenvalue weighted by Crippen LogP contribution is 2.38. The van der Waals surface area contributed by atoms with Crippen molar-refractivity contribution in [3.63, 3.8) is 0 Å². The fraction of sp³-hybridized carbons (Fsp3) is 0.300. The number of H-pyrrole nitrogens is 1. The zero-order valence-corrected chi connectivity index (χ0v) is 16.8. The summed E-state index contributed by atoms with van der Waals surface area (Å²) in [6, 6.07) is 5.35. The number of dihydropyridines is 1.